The van der Waals surface area contributed by atoms with Gasteiger partial charge in [0, 0.05) is 5.56 Å². The first kappa shape index (κ1) is 12.1. The lowest BCUT2D eigenvalue weighted by molar-refractivity contribution is -0.187. The monoisotopic (exact) mass is 258 g/mol. The Balaban J connectivity index is 2.62. The average molecular weight is 258 g/mol. The molecule has 9 heteroatoms. The lowest BCUT2D eigenvalue weighted by Gasteiger charge is -2.23. The van der Waals surface area contributed by atoms with E-state index in [4.69, 9.17) is 0 Å². The van der Waals surface area contributed by atoms with Gasteiger partial charge in [-0.15, -0.1) is 10.2 Å². The largest absolute Gasteiger partial charge is 0.507 e. The molecule has 0 spiro atoms. The number of benzene rings is 1. The molecule has 0 saturated heterocycles. The van der Waals surface area contributed by atoms with Crippen molar-refractivity contribution in [3.63, 3.8) is 0 Å². The fourth-order valence-electron chi connectivity index (χ4n) is 1.45. The maximum atomic E-state index is 13.0. The van der Waals surface area contributed by atoms with Crippen molar-refractivity contribution < 1.29 is 23.1 Å². The SMILES string of the molecule is O=Cc1cc(C2(C(F)(F)F)N=NN=N2)ccc1O. The molecule has 1 aliphatic rings. The van der Waals surface area contributed by atoms with Crippen LogP contribution in [0.2, 0.25) is 0 Å². The molecule has 0 saturated carbocycles. The van der Waals surface area contributed by atoms with Gasteiger partial charge in [-0.2, -0.15) is 13.2 Å². The summed E-state index contributed by atoms with van der Waals surface area (Å²) in [6.45, 7) is 0. The van der Waals surface area contributed by atoms with Gasteiger partial charge < -0.3 is 5.11 Å². The molecule has 6 nitrogen and oxygen atoms in total. The lowest BCUT2D eigenvalue weighted by Crippen LogP contribution is -2.37. The first-order valence-electron chi connectivity index (χ1n) is 4.60. The van der Waals surface area contributed by atoms with Crippen LogP contribution in [0.3, 0.4) is 0 Å². The second-order valence-corrected chi connectivity index (χ2v) is 3.44. The zero-order chi connectivity index (χ0) is 13.4. The van der Waals surface area contributed by atoms with Gasteiger partial charge in [-0.3, -0.25) is 4.79 Å². The summed E-state index contributed by atoms with van der Waals surface area (Å²) in [7, 11) is 0. The summed E-state index contributed by atoms with van der Waals surface area (Å²) >= 11 is 0. The van der Waals surface area contributed by atoms with Crippen LogP contribution in [0.25, 0.3) is 0 Å². The fourth-order valence-corrected chi connectivity index (χ4v) is 1.45. The molecule has 18 heavy (non-hydrogen) atoms. The highest BCUT2D eigenvalue weighted by atomic mass is 19.4. The van der Waals surface area contributed by atoms with Crippen molar-refractivity contribution in [3.8, 4) is 5.75 Å². The van der Waals surface area contributed by atoms with Crippen molar-refractivity contribution in [2.75, 3.05) is 0 Å². The first-order chi connectivity index (χ1) is 8.40. The molecule has 0 unspecified atom stereocenters. The minimum Gasteiger partial charge on any atom is -0.507 e. The summed E-state index contributed by atoms with van der Waals surface area (Å²) < 4.78 is 38.9. The van der Waals surface area contributed by atoms with Crippen molar-refractivity contribution >= 4 is 6.29 Å². The third kappa shape index (κ3) is 1.63. The van der Waals surface area contributed by atoms with E-state index in [9.17, 15) is 23.1 Å². The number of alkyl halides is 3. The highest BCUT2D eigenvalue weighted by Crippen LogP contribution is 2.46. The van der Waals surface area contributed by atoms with E-state index in [0.717, 1.165) is 18.2 Å². The highest BCUT2D eigenvalue weighted by molar-refractivity contribution is 5.79. The molecular formula is C9H5F3N4O2. The van der Waals surface area contributed by atoms with Crippen LogP contribution in [0, 0.1) is 0 Å². The number of aldehydes is 1. The van der Waals surface area contributed by atoms with Gasteiger partial charge in [-0.05, 0) is 22.6 Å². The van der Waals surface area contributed by atoms with Crippen LogP contribution in [0.4, 0.5) is 13.2 Å². The third-order valence-electron chi connectivity index (χ3n) is 2.37. The van der Waals surface area contributed by atoms with E-state index in [1.54, 1.807) is 0 Å². The number of hydrogen-bond donors (Lipinski definition) is 1. The van der Waals surface area contributed by atoms with Gasteiger partial charge in [0.2, 0.25) is 0 Å². The van der Waals surface area contributed by atoms with Gasteiger partial charge in [0.1, 0.15) is 5.75 Å². The number of aromatic hydroxyl groups is 1. The van der Waals surface area contributed by atoms with Crippen LogP contribution in [-0.2, 0) is 5.66 Å². The van der Waals surface area contributed by atoms with Crippen molar-refractivity contribution in [2.24, 2.45) is 20.7 Å². The molecule has 0 aliphatic carbocycles. The second-order valence-electron chi connectivity index (χ2n) is 3.44. The Morgan fingerprint density at radius 3 is 2.33 bits per heavy atom. The Kier molecular flexibility index (Phi) is 2.60. The maximum absolute atomic E-state index is 13.0. The Labute approximate surface area is 97.8 Å². The summed E-state index contributed by atoms with van der Waals surface area (Å²) in [4.78, 5) is 10.6. The standard InChI is InChI=1S/C9H5F3N4O2/c10-9(11,12)8(13-15-16-14-8)6-1-2-7(18)5(3-6)4-17/h1-4,18H. The lowest BCUT2D eigenvalue weighted by atomic mass is 9.98. The molecule has 0 bridgehead atoms. The number of phenols is 1. The zero-order valence-electron chi connectivity index (χ0n) is 8.59. The number of hydrogen-bond acceptors (Lipinski definition) is 6. The summed E-state index contributed by atoms with van der Waals surface area (Å²) in [5.41, 5.74) is -3.69. The van der Waals surface area contributed by atoms with E-state index >= 15 is 0 Å². The highest BCUT2D eigenvalue weighted by Gasteiger charge is 2.60. The number of nitrogens with zero attached hydrogens (tertiary/aromatic N) is 4. The zero-order valence-corrected chi connectivity index (χ0v) is 8.59. The minimum absolute atomic E-state index is 0.228. The van der Waals surface area contributed by atoms with Gasteiger partial charge in [-0.25, -0.2) is 0 Å². The smallest absolute Gasteiger partial charge is 0.442 e. The quantitative estimate of drug-likeness (QED) is 0.826. The topological polar surface area (TPSA) is 86.7 Å². The number of rotatable bonds is 2. The molecule has 1 aromatic carbocycles. The predicted octanol–water partition coefficient (Wildman–Crippen LogP) is 2.75. The maximum Gasteiger partial charge on any atom is 0.442 e. The van der Waals surface area contributed by atoms with E-state index in [0.29, 0.717) is 0 Å². The first-order valence-corrected chi connectivity index (χ1v) is 4.60. The van der Waals surface area contributed by atoms with Gasteiger partial charge >= 0.3 is 11.8 Å². The predicted molar refractivity (Wildman–Crippen MR) is 50.9 cm³/mol. The van der Waals surface area contributed by atoms with Crippen LogP contribution >= 0.6 is 0 Å². The van der Waals surface area contributed by atoms with Crippen molar-refractivity contribution in [2.45, 2.75) is 11.8 Å². The molecule has 0 amide bonds. The Morgan fingerprint density at radius 2 is 1.83 bits per heavy atom. The third-order valence-corrected chi connectivity index (χ3v) is 2.37. The number of halogens is 3. The molecule has 0 radical (unpaired) electrons. The second kappa shape index (κ2) is 3.86. The van der Waals surface area contributed by atoms with Gasteiger partial charge in [-0.1, -0.05) is 6.07 Å². The van der Waals surface area contributed by atoms with Crippen molar-refractivity contribution in [1.29, 1.82) is 0 Å². The number of phenolic OH excluding ortho intramolecular Hbond substituents is 1. The molecule has 1 aliphatic heterocycles. The van der Waals surface area contributed by atoms with E-state index in [-0.39, 0.29) is 11.8 Å². The molecule has 1 N–H and O–H groups in total. The summed E-state index contributed by atoms with van der Waals surface area (Å²) in [6.07, 6.45) is -4.63. The molecule has 0 atom stereocenters. The number of carbonyl (C=O) groups is 1. The molecule has 0 fully saturated rings. The van der Waals surface area contributed by atoms with Crippen LogP contribution < -0.4 is 0 Å². The summed E-state index contributed by atoms with van der Waals surface area (Å²) in [6, 6.07) is 2.76. The Morgan fingerprint density at radius 1 is 1.22 bits per heavy atom. The van der Waals surface area contributed by atoms with Crippen molar-refractivity contribution in [3.05, 3.63) is 29.3 Å². The van der Waals surface area contributed by atoms with Crippen LogP contribution in [0.1, 0.15) is 15.9 Å². The van der Waals surface area contributed by atoms with Crippen LogP contribution in [0.15, 0.2) is 38.9 Å². The normalized spacial score (nSPS) is 17.1. The van der Waals surface area contributed by atoms with E-state index < -0.39 is 23.2 Å². The Bertz CT molecular complexity index is 541. The number of carbonyl (C=O) groups excluding carboxylic acids is 1. The van der Waals surface area contributed by atoms with Gasteiger partial charge in [0.05, 0.1) is 5.56 Å². The van der Waals surface area contributed by atoms with E-state index in [1.165, 1.54) is 0 Å². The summed E-state index contributed by atoms with van der Waals surface area (Å²) in [5.74, 6) is -0.432. The molecule has 1 heterocycles. The Hall–Kier alpha value is -2.32. The van der Waals surface area contributed by atoms with Crippen molar-refractivity contribution in [1.82, 2.24) is 0 Å². The minimum atomic E-state index is -4.85. The van der Waals surface area contributed by atoms with Gasteiger partial charge in [0.15, 0.2) is 6.29 Å². The van der Waals surface area contributed by atoms with Gasteiger partial charge in [0.25, 0.3) is 0 Å². The molecular weight excluding hydrogens is 253 g/mol. The van der Waals surface area contributed by atoms with Crippen LogP contribution in [0.5, 0.6) is 5.75 Å². The van der Waals surface area contributed by atoms with E-state index in [1.807, 2.05) is 0 Å². The summed E-state index contributed by atoms with van der Waals surface area (Å²) in [5, 5.41) is 21.0. The van der Waals surface area contributed by atoms with E-state index in [2.05, 4.69) is 20.7 Å². The average Bonchev–Trinajstić information content (AvgIpc) is 2.79. The molecule has 94 valence electrons. The molecule has 0 aromatic heterocycles. The molecule has 2 rings (SSSR count). The van der Waals surface area contributed by atoms with Crippen LogP contribution in [-0.4, -0.2) is 17.6 Å². The fraction of sp³-hybridized carbons (Fsp3) is 0.222. The molecule has 1 aromatic rings.